The zero-order chi connectivity index (χ0) is 12.3. The lowest BCUT2D eigenvalue weighted by Crippen LogP contribution is -2.06. The van der Waals surface area contributed by atoms with Crippen LogP contribution in [0, 0.1) is 13.8 Å². The fourth-order valence-electron chi connectivity index (χ4n) is 1.57. The van der Waals surface area contributed by atoms with E-state index in [2.05, 4.69) is 36.8 Å². The molecule has 16 heavy (non-hydrogen) atoms. The maximum absolute atomic E-state index is 11.6. The molecule has 1 aromatic rings. The lowest BCUT2D eigenvalue weighted by molar-refractivity contribution is 0.0519. The van der Waals surface area contributed by atoms with Gasteiger partial charge in [-0.1, -0.05) is 15.9 Å². The fourth-order valence-corrected chi connectivity index (χ4v) is 2.39. The van der Waals surface area contributed by atoms with Gasteiger partial charge in [0.15, 0.2) is 0 Å². The van der Waals surface area contributed by atoms with Crippen molar-refractivity contribution in [2.45, 2.75) is 20.8 Å². The highest BCUT2D eigenvalue weighted by atomic mass is 79.9. The minimum atomic E-state index is -0.316. The number of carbonyl (C=O) groups excluding carboxylic acids is 1. The first-order valence-electron chi connectivity index (χ1n) is 4.85. The number of H-pyrrole nitrogens is 1. The van der Waals surface area contributed by atoms with Crippen molar-refractivity contribution in [3.05, 3.63) is 27.5 Å². The summed E-state index contributed by atoms with van der Waals surface area (Å²) >= 11 is 6.69. The predicted octanol–water partition coefficient (Wildman–Crippen LogP) is 3.90. The van der Waals surface area contributed by atoms with E-state index in [0.29, 0.717) is 12.3 Å². The highest BCUT2D eigenvalue weighted by Crippen LogP contribution is 2.30. The van der Waals surface area contributed by atoms with E-state index in [1.54, 1.807) is 11.9 Å². The Labute approximate surface area is 112 Å². The third-order valence-corrected chi connectivity index (χ3v) is 3.95. The minimum absolute atomic E-state index is 0.316. The van der Waals surface area contributed by atoms with Gasteiger partial charge in [0.2, 0.25) is 0 Å². The number of aromatic nitrogens is 1. The minimum Gasteiger partial charge on any atom is -0.461 e. The molecule has 0 amide bonds. The third kappa shape index (κ3) is 2.58. The number of esters is 1. The van der Waals surface area contributed by atoms with E-state index >= 15 is 0 Å². The van der Waals surface area contributed by atoms with Gasteiger partial charge in [-0.2, -0.15) is 0 Å². The summed E-state index contributed by atoms with van der Waals surface area (Å²) in [5, 5.41) is 0. The molecule has 88 valence electrons. The van der Waals surface area contributed by atoms with Gasteiger partial charge in [-0.15, -0.1) is 0 Å². The van der Waals surface area contributed by atoms with Gasteiger partial charge in [-0.3, -0.25) is 0 Å². The second-order valence-electron chi connectivity index (χ2n) is 3.30. The first kappa shape index (κ1) is 13.5. The second kappa shape index (κ2) is 5.68. The van der Waals surface area contributed by atoms with E-state index in [9.17, 15) is 4.79 Å². The number of aryl methyl sites for hydroxylation is 1. The van der Waals surface area contributed by atoms with Crippen molar-refractivity contribution in [1.82, 2.24) is 4.98 Å². The number of rotatable bonds is 3. The van der Waals surface area contributed by atoms with E-state index in [4.69, 9.17) is 4.74 Å². The standard InChI is InChI=1S/C11H13Br2NO2/c1-4-16-11(15)10-6(2)9(7(3)14-10)8(13)5-12/h5,14H,4H2,1-3H3/b8-5-. The maximum atomic E-state index is 11.6. The summed E-state index contributed by atoms with van der Waals surface area (Å²) in [5.41, 5.74) is 3.32. The summed E-state index contributed by atoms with van der Waals surface area (Å²) in [4.78, 5) is 16.5. The molecule has 0 saturated carbocycles. The quantitative estimate of drug-likeness (QED) is 0.840. The van der Waals surface area contributed by atoms with E-state index in [1.807, 2.05) is 13.8 Å². The van der Waals surface area contributed by atoms with Gasteiger partial charge in [-0.05, 0) is 47.2 Å². The molecule has 0 aliphatic carbocycles. The number of carbonyl (C=O) groups is 1. The smallest absolute Gasteiger partial charge is 0.355 e. The van der Waals surface area contributed by atoms with Gasteiger partial charge in [0.05, 0.1) is 6.61 Å². The molecule has 0 aliphatic rings. The molecule has 1 rings (SSSR count). The van der Waals surface area contributed by atoms with Crippen molar-refractivity contribution >= 4 is 42.3 Å². The Morgan fingerprint density at radius 3 is 2.62 bits per heavy atom. The molecular formula is C11H13Br2NO2. The van der Waals surface area contributed by atoms with Crippen LogP contribution in [0.15, 0.2) is 4.99 Å². The molecular weight excluding hydrogens is 338 g/mol. The summed E-state index contributed by atoms with van der Waals surface area (Å²) in [6.45, 7) is 5.98. The average molecular weight is 351 g/mol. The van der Waals surface area contributed by atoms with Crippen LogP contribution in [0.1, 0.15) is 34.2 Å². The Hall–Kier alpha value is -0.550. The van der Waals surface area contributed by atoms with Crippen molar-refractivity contribution < 1.29 is 9.53 Å². The number of ether oxygens (including phenoxy) is 1. The van der Waals surface area contributed by atoms with E-state index in [1.165, 1.54) is 0 Å². The van der Waals surface area contributed by atoms with Crippen LogP contribution in [0.4, 0.5) is 0 Å². The molecule has 0 aliphatic heterocycles. The molecule has 0 bridgehead atoms. The first-order chi connectivity index (χ1) is 7.52. The largest absolute Gasteiger partial charge is 0.461 e. The number of hydrogen-bond donors (Lipinski definition) is 1. The zero-order valence-corrected chi connectivity index (χ0v) is 12.5. The fraction of sp³-hybridized carbons (Fsp3) is 0.364. The third-order valence-electron chi connectivity index (χ3n) is 2.25. The maximum Gasteiger partial charge on any atom is 0.355 e. The molecule has 0 unspecified atom stereocenters. The molecule has 0 fully saturated rings. The summed E-state index contributed by atoms with van der Waals surface area (Å²) in [5.74, 6) is -0.316. The molecule has 1 N–H and O–H groups in total. The molecule has 0 atom stereocenters. The number of hydrogen-bond acceptors (Lipinski definition) is 2. The molecule has 3 nitrogen and oxygen atoms in total. The van der Waals surface area contributed by atoms with Crippen molar-refractivity contribution in [3.8, 4) is 0 Å². The predicted molar refractivity (Wildman–Crippen MR) is 72.1 cm³/mol. The molecule has 0 aromatic carbocycles. The monoisotopic (exact) mass is 349 g/mol. The van der Waals surface area contributed by atoms with Crippen molar-refractivity contribution in [3.63, 3.8) is 0 Å². The van der Waals surface area contributed by atoms with Crippen LogP contribution in [0.25, 0.3) is 4.48 Å². The average Bonchev–Trinajstić information content (AvgIpc) is 2.54. The summed E-state index contributed by atoms with van der Waals surface area (Å²) < 4.78 is 5.87. The van der Waals surface area contributed by atoms with Gasteiger partial charge in [0.25, 0.3) is 0 Å². The molecule has 0 saturated heterocycles. The Balaban J connectivity index is 3.21. The Kier molecular flexibility index (Phi) is 4.80. The second-order valence-corrected chi connectivity index (χ2v) is 4.61. The van der Waals surface area contributed by atoms with Crippen LogP contribution >= 0.6 is 31.9 Å². The number of halogens is 2. The molecule has 5 heteroatoms. The zero-order valence-electron chi connectivity index (χ0n) is 9.36. The normalized spacial score (nSPS) is 11.7. The lowest BCUT2D eigenvalue weighted by atomic mass is 10.1. The van der Waals surface area contributed by atoms with Crippen molar-refractivity contribution in [2.24, 2.45) is 0 Å². The highest BCUT2D eigenvalue weighted by molar-refractivity contribution is 9.16. The summed E-state index contributed by atoms with van der Waals surface area (Å²) in [6, 6.07) is 0. The molecule has 0 spiro atoms. The van der Waals surface area contributed by atoms with Crippen LogP contribution in [-0.4, -0.2) is 17.6 Å². The SMILES string of the molecule is CCOC(=O)c1[nH]c(C)c(/C(Br)=C/Br)c1C. The van der Waals surface area contributed by atoms with Gasteiger partial charge >= 0.3 is 5.97 Å². The Morgan fingerprint density at radius 1 is 1.50 bits per heavy atom. The van der Waals surface area contributed by atoms with Gasteiger partial charge < -0.3 is 9.72 Å². The van der Waals surface area contributed by atoms with Gasteiger partial charge in [0, 0.05) is 15.7 Å². The van der Waals surface area contributed by atoms with Crippen LogP contribution < -0.4 is 0 Å². The summed E-state index contributed by atoms with van der Waals surface area (Å²) in [6.07, 6.45) is 0. The number of nitrogens with one attached hydrogen (secondary N) is 1. The molecule has 1 heterocycles. The van der Waals surface area contributed by atoms with Crippen LogP contribution in [0.3, 0.4) is 0 Å². The van der Waals surface area contributed by atoms with Crippen LogP contribution in [-0.2, 0) is 4.74 Å². The van der Waals surface area contributed by atoms with Crippen LogP contribution in [0.5, 0.6) is 0 Å². The first-order valence-corrected chi connectivity index (χ1v) is 6.56. The van der Waals surface area contributed by atoms with E-state index in [0.717, 1.165) is 21.3 Å². The lowest BCUT2D eigenvalue weighted by Gasteiger charge is -2.01. The Morgan fingerprint density at radius 2 is 2.12 bits per heavy atom. The topological polar surface area (TPSA) is 42.1 Å². The van der Waals surface area contributed by atoms with E-state index in [-0.39, 0.29) is 5.97 Å². The van der Waals surface area contributed by atoms with Crippen molar-refractivity contribution in [1.29, 1.82) is 0 Å². The number of aromatic amines is 1. The van der Waals surface area contributed by atoms with E-state index < -0.39 is 0 Å². The molecule has 1 aromatic heterocycles. The van der Waals surface area contributed by atoms with Crippen LogP contribution in [0.2, 0.25) is 0 Å². The Bertz CT molecular complexity index is 435. The highest BCUT2D eigenvalue weighted by Gasteiger charge is 2.19. The van der Waals surface area contributed by atoms with Gasteiger partial charge in [0.1, 0.15) is 5.69 Å². The molecule has 0 radical (unpaired) electrons. The van der Waals surface area contributed by atoms with Gasteiger partial charge in [-0.25, -0.2) is 4.79 Å². The van der Waals surface area contributed by atoms with Crippen molar-refractivity contribution in [2.75, 3.05) is 6.61 Å². The summed E-state index contributed by atoms with van der Waals surface area (Å²) in [7, 11) is 0.